The summed E-state index contributed by atoms with van der Waals surface area (Å²) in [5, 5.41) is 11.3. The monoisotopic (exact) mass is 412 g/mol. The Kier molecular flexibility index (Phi) is 5.97. The summed E-state index contributed by atoms with van der Waals surface area (Å²) in [7, 11) is 0. The van der Waals surface area contributed by atoms with Gasteiger partial charge in [0.05, 0.1) is 17.2 Å². The first kappa shape index (κ1) is 19.7. The summed E-state index contributed by atoms with van der Waals surface area (Å²) in [6, 6.07) is 11.5. The van der Waals surface area contributed by atoms with Crippen LogP contribution in [0.3, 0.4) is 0 Å². The predicted molar refractivity (Wildman–Crippen MR) is 111 cm³/mol. The van der Waals surface area contributed by atoms with E-state index in [9.17, 15) is 9.90 Å². The fourth-order valence-corrected chi connectivity index (χ4v) is 4.30. The lowest BCUT2D eigenvalue weighted by Gasteiger charge is -2.21. The Labute approximate surface area is 173 Å². The number of likely N-dealkylation sites (tertiary alicyclic amines) is 1. The largest absolute Gasteiger partial charge is 0.493 e. The molecule has 7 heteroatoms. The number of aryl methyl sites for hydroxylation is 1. The van der Waals surface area contributed by atoms with Gasteiger partial charge in [0.2, 0.25) is 5.89 Å². The Hall–Kier alpha value is -2.64. The maximum absolute atomic E-state index is 11.3. The third-order valence-corrected chi connectivity index (χ3v) is 6.05. The summed E-state index contributed by atoms with van der Waals surface area (Å²) in [6.07, 6.45) is 2.34. The second kappa shape index (κ2) is 8.80. The molecule has 0 unspecified atom stereocenters. The van der Waals surface area contributed by atoms with E-state index in [-0.39, 0.29) is 6.04 Å². The van der Waals surface area contributed by atoms with Gasteiger partial charge in [0.25, 0.3) is 0 Å². The van der Waals surface area contributed by atoms with Crippen LogP contribution in [0.1, 0.15) is 29.9 Å². The predicted octanol–water partition coefficient (Wildman–Crippen LogP) is 4.38. The normalized spacial score (nSPS) is 16.9. The minimum atomic E-state index is -0.729. The molecule has 6 nitrogen and oxygen atoms in total. The minimum absolute atomic E-state index is 0.365. The molecule has 1 aromatic carbocycles. The lowest BCUT2D eigenvalue weighted by molar-refractivity contribution is -0.142. The fraction of sp³-hybridized carbons (Fsp3) is 0.364. The Bertz CT molecular complexity index is 950. The van der Waals surface area contributed by atoms with E-state index in [1.807, 2.05) is 53.6 Å². The number of aliphatic carboxylic acids is 1. The molecule has 2 aromatic heterocycles. The molecule has 1 atom stereocenters. The van der Waals surface area contributed by atoms with Crippen LogP contribution in [-0.4, -0.2) is 40.2 Å². The molecule has 1 N–H and O–H groups in total. The molecular weight excluding hydrogens is 388 g/mol. The Morgan fingerprint density at radius 3 is 2.90 bits per heavy atom. The Morgan fingerprint density at radius 1 is 1.34 bits per heavy atom. The van der Waals surface area contributed by atoms with Crippen LogP contribution >= 0.6 is 11.3 Å². The highest BCUT2D eigenvalue weighted by atomic mass is 32.1. The van der Waals surface area contributed by atoms with Gasteiger partial charge in [0, 0.05) is 13.0 Å². The number of oxazole rings is 1. The first-order chi connectivity index (χ1) is 14.1. The smallest absolute Gasteiger partial charge is 0.320 e. The topological polar surface area (TPSA) is 75.8 Å². The summed E-state index contributed by atoms with van der Waals surface area (Å²) < 4.78 is 11.6. The number of nitrogens with zero attached hydrogens (tertiary/aromatic N) is 2. The highest BCUT2D eigenvalue weighted by Gasteiger charge is 2.30. The zero-order chi connectivity index (χ0) is 20.2. The number of hydrogen-bond donors (Lipinski definition) is 1. The number of thiophene rings is 1. The van der Waals surface area contributed by atoms with Crippen LogP contribution in [-0.2, 0) is 17.8 Å². The SMILES string of the molecule is Cc1oc(-c2cccs2)nc1CCOc1ccc(CN2CCC[C@H]2C(=O)O)cc1. The van der Waals surface area contributed by atoms with E-state index in [0.29, 0.717) is 25.5 Å². The van der Waals surface area contributed by atoms with Crippen molar-refractivity contribution in [1.82, 2.24) is 9.88 Å². The quantitative estimate of drug-likeness (QED) is 0.592. The average molecular weight is 413 g/mol. The second-order valence-electron chi connectivity index (χ2n) is 7.21. The molecule has 3 aromatic rings. The van der Waals surface area contributed by atoms with Gasteiger partial charge in [0.15, 0.2) is 0 Å². The number of carboxylic acids is 1. The van der Waals surface area contributed by atoms with Gasteiger partial charge in [-0.3, -0.25) is 9.69 Å². The van der Waals surface area contributed by atoms with Gasteiger partial charge in [-0.25, -0.2) is 4.98 Å². The van der Waals surface area contributed by atoms with E-state index in [0.717, 1.165) is 47.0 Å². The summed E-state index contributed by atoms with van der Waals surface area (Å²) in [4.78, 5) is 18.9. The third-order valence-electron chi connectivity index (χ3n) is 5.19. The minimum Gasteiger partial charge on any atom is -0.493 e. The molecule has 152 valence electrons. The number of benzene rings is 1. The molecule has 0 spiro atoms. The number of carboxylic acid groups (broad SMARTS) is 1. The molecule has 0 bridgehead atoms. The third kappa shape index (κ3) is 4.68. The van der Waals surface area contributed by atoms with Gasteiger partial charge in [-0.05, 0) is 55.5 Å². The van der Waals surface area contributed by atoms with Crippen molar-refractivity contribution in [3.05, 3.63) is 58.8 Å². The van der Waals surface area contributed by atoms with Gasteiger partial charge < -0.3 is 14.3 Å². The fourth-order valence-electron chi connectivity index (χ4n) is 3.65. The highest BCUT2D eigenvalue weighted by molar-refractivity contribution is 7.13. The van der Waals surface area contributed by atoms with Crippen molar-refractivity contribution in [2.75, 3.05) is 13.2 Å². The van der Waals surface area contributed by atoms with E-state index < -0.39 is 5.97 Å². The molecule has 29 heavy (non-hydrogen) atoms. The van der Waals surface area contributed by atoms with Crippen LogP contribution in [0.4, 0.5) is 0 Å². The molecule has 0 aliphatic carbocycles. The molecule has 0 radical (unpaired) electrons. The van der Waals surface area contributed by atoms with Gasteiger partial charge in [0.1, 0.15) is 17.6 Å². The lowest BCUT2D eigenvalue weighted by Crippen LogP contribution is -2.35. The second-order valence-corrected chi connectivity index (χ2v) is 8.16. The van der Waals surface area contributed by atoms with Gasteiger partial charge in [-0.15, -0.1) is 11.3 Å². The molecule has 1 aliphatic heterocycles. The highest BCUT2D eigenvalue weighted by Crippen LogP contribution is 2.26. The summed E-state index contributed by atoms with van der Waals surface area (Å²) in [5.74, 6) is 1.56. The van der Waals surface area contributed by atoms with Crippen LogP contribution in [0.25, 0.3) is 10.8 Å². The summed E-state index contributed by atoms with van der Waals surface area (Å²) >= 11 is 1.61. The van der Waals surface area contributed by atoms with Gasteiger partial charge >= 0.3 is 5.97 Å². The van der Waals surface area contributed by atoms with E-state index in [1.165, 1.54) is 0 Å². The number of rotatable bonds is 8. The first-order valence-electron chi connectivity index (χ1n) is 9.79. The van der Waals surface area contributed by atoms with Crippen LogP contribution in [0.15, 0.2) is 46.2 Å². The summed E-state index contributed by atoms with van der Waals surface area (Å²) in [5.41, 5.74) is 2.01. The van der Waals surface area contributed by atoms with Gasteiger partial charge in [-0.1, -0.05) is 18.2 Å². The van der Waals surface area contributed by atoms with Crippen molar-refractivity contribution in [3.63, 3.8) is 0 Å². The number of aromatic nitrogens is 1. The zero-order valence-corrected chi connectivity index (χ0v) is 17.2. The van der Waals surface area contributed by atoms with Crippen LogP contribution < -0.4 is 4.74 Å². The van der Waals surface area contributed by atoms with E-state index >= 15 is 0 Å². The molecule has 1 saturated heterocycles. The van der Waals surface area contributed by atoms with E-state index in [4.69, 9.17) is 9.15 Å². The number of hydrogen-bond acceptors (Lipinski definition) is 6. The maximum atomic E-state index is 11.3. The molecule has 0 saturated carbocycles. The molecule has 1 aliphatic rings. The zero-order valence-electron chi connectivity index (χ0n) is 16.3. The molecule has 0 amide bonds. The van der Waals surface area contributed by atoms with Crippen molar-refractivity contribution < 1.29 is 19.1 Å². The van der Waals surface area contributed by atoms with Crippen molar-refractivity contribution in [3.8, 4) is 16.5 Å². The molecule has 1 fully saturated rings. The molecular formula is C22H24N2O4S. The average Bonchev–Trinajstić information content (AvgIpc) is 3.45. The lowest BCUT2D eigenvalue weighted by atomic mass is 10.2. The Balaban J connectivity index is 1.29. The number of carbonyl (C=O) groups is 1. The maximum Gasteiger partial charge on any atom is 0.320 e. The van der Waals surface area contributed by atoms with Gasteiger partial charge in [-0.2, -0.15) is 0 Å². The summed E-state index contributed by atoms with van der Waals surface area (Å²) in [6.45, 7) is 3.93. The van der Waals surface area contributed by atoms with Crippen LogP contribution in [0.5, 0.6) is 5.75 Å². The van der Waals surface area contributed by atoms with Crippen molar-refractivity contribution in [2.45, 2.75) is 38.8 Å². The van der Waals surface area contributed by atoms with Crippen molar-refractivity contribution in [1.29, 1.82) is 0 Å². The van der Waals surface area contributed by atoms with E-state index in [2.05, 4.69) is 4.98 Å². The molecule has 4 rings (SSSR count). The van der Waals surface area contributed by atoms with Crippen LogP contribution in [0, 0.1) is 6.92 Å². The van der Waals surface area contributed by atoms with Crippen LogP contribution in [0.2, 0.25) is 0 Å². The number of ether oxygens (including phenoxy) is 1. The van der Waals surface area contributed by atoms with Crippen molar-refractivity contribution >= 4 is 17.3 Å². The molecule has 3 heterocycles. The first-order valence-corrected chi connectivity index (χ1v) is 10.7. The Morgan fingerprint density at radius 2 is 2.17 bits per heavy atom. The van der Waals surface area contributed by atoms with Crippen molar-refractivity contribution in [2.24, 2.45) is 0 Å². The standard InChI is InChI=1S/C22H24N2O4S/c1-15-18(23-21(28-15)20-5-3-13-29-20)10-12-27-17-8-6-16(7-9-17)14-24-11-2-4-19(24)22(25)26/h3,5-9,13,19H,2,4,10-12,14H2,1H3,(H,25,26)/t19-/m0/s1. The van der Waals surface area contributed by atoms with E-state index in [1.54, 1.807) is 11.3 Å².